The molecule has 0 aliphatic rings. The predicted octanol–water partition coefficient (Wildman–Crippen LogP) is 1.35. The van der Waals surface area contributed by atoms with Gasteiger partial charge in [0.1, 0.15) is 0 Å². The molecule has 0 saturated heterocycles. The summed E-state index contributed by atoms with van der Waals surface area (Å²) in [5, 5.41) is 16.2. The fourth-order valence-electron chi connectivity index (χ4n) is 1.84. The van der Waals surface area contributed by atoms with E-state index in [9.17, 15) is 4.79 Å². The third-order valence-electron chi connectivity index (χ3n) is 2.93. The Bertz CT molecular complexity index is 637. The molecule has 0 atom stereocenters. The lowest BCUT2D eigenvalue weighted by Gasteiger charge is -2.12. The zero-order valence-electron chi connectivity index (χ0n) is 11.5. The maximum atomic E-state index is 10.8. The van der Waals surface area contributed by atoms with E-state index in [1.165, 1.54) is 10.9 Å². The predicted molar refractivity (Wildman–Crippen MR) is 70.4 cm³/mol. The van der Waals surface area contributed by atoms with Crippen molar-refractivity contribution in [1.82, 2.24) is 15.0 Å². The van der Waals surface area contributed by atoms with Crippen LogP contribution in [0.3, 0.4) is 0 Å². The summed E-state index contributed by atoms with van der Waals surface area (Å²) >= 11 is 0. The molecule has 1 aromatic carbocycles. The van der Waals surface area contributed by atoms with E-state index in [0.717, 1.165) is 11.1 Å². The van der Waals surface area contributed by atoms with Crippen molar-refractivity contribution < 1.29 is 19.4 Å². The lowest BCUT2D eigenvalue weighted by atomic mass is 10.1. The minimum absolute atomic E-state index is 0.0804. The van der Waals surface area contributed by atoms with Crippen molar-refractivity contribution in [3.8, 4) is 11.5 Å². The topological polar surface area (TPSA) is 86.5 Å². The molecule has 0 aliphatic heterocycles. The molecule has 0 radical (unpaired) electrons. The van der Waals surface area contributed by atoms with Crippen molar-refractivity contribution in [3.63, 3.8) is 0 Å². The highest BCUT2D eigenvalue weighted by Crippen LogP contribution is 2.30. The number of ether oxygens (including phenoxy) is 2. The lowest BCUT2D eigenvalue weighted by Crippen LogP contribution is -2.04. The van der Waals surface area contributed by atoms with Gasteiger partial charge in [-0.2, -0.15) is 0 Å². The summed E-state index contributed by atoms with van der Waals surface area (Å²) in [5.41, 5.74) is 1.86. The summed E-state index contributed by atoms with van der Waals surface area (Å²) < 4.78 is 11.9. The average Bonchev–Trinajstić information content (AvgIpc) is 2.89. The number of rotatable bonds is 5. The van der Waals surface area contributed by atoms with E-state index in [2.05, 4.69) is 10.3 Å². The maximum Gasteiger partial charge on any atom is 0.358 e. The number of carboxylic acid groups (broad SMARTS) is 1. The molecule has 1 heterocycles. The molecular formula is C13H15N3O4. The summed E-state index contributed by atoms with van der Waals surface area (Å²) in [6.45, 7) is 2.35. The van der Waals surface area contributed by atoms with Crippen molar-refractivity contribution in [2.45, 2.75) is 13.5 Å². The van der Waals surface area contributed by atoms with E-state index < -0.39 is 5.97 Å². The van der Waals surface area contributed by atoms with Gasteiger partial charge < -0.3 is 14.6 Å². The highest BCUT2D eigenvalue weighted by atomic mass is 16.5. The van der Waals surface area contributed by atoms with Crippen LogP contribution < -0.4 is 9.47 Å². The van der Waals surface area contributed by atoms with E-state index >= 15 is 0 Å². The summed E-state index contributed by atoms with van der Waals surface area (Å²) in [4.78, 5) is 10.8. The fraction of sp³-hybridized carbons (Fsp3) is 0.308. The van der Waals surface area contributed by atoms with Gasteiger partial charge in [-0.1, -0.05) is 5.21 Å². The Morgan fingerprint density at radius 3 is 2.50 bits per heavy atom. The minimum Gasteiger partial charge on any atom is -0.493 e. The van der Waals surface area contributed by atoms with Gasteiger partial charge in [-0.05, 0) is 30.2 Å². The third kappa shape index (κ3) is 2.71. The van der Waals surface area contributed by atoms with Crippen LogP contribution in [-0.2, 0) is 6.54 Å². The van der Waals surface area contributed by atoms with Crippen molar-refractivity contribution in [2.24, 2.45) is 0 Å². The second-order valence-electron chi connectivity index (χ2n) is 4.24. The lowest BCUT2D eigenvalue weighted by molar-refractivity contribution is 0.0690. The summed E-state index contributed by atoms with van der Waals surface area (Å²) in [5.74, 6) is 0.172. The zero-order valence-corrected chi connectivity index (χ0v) is 11.5. The molecule has 0 spiro atoms. The number of aromatic carboxylic acids is 1. The first-order valence-corrected chi connectivity index (χ1v) is 5.90. The van der Waals surface area contributed by atoms with Gasteiger partial charge in [0.15, 0.2) is 17.2 Å². The molecule has 0 bridgehead atoms. The van der Waals surface area contributed by atoms with Gasteiger partial charge in [-0.25, -0.2) is 9.48 Å². The SMILES string of the molecule is COc1cc(C)c(Cn2cc(C(=O)O)nn2)cc1OC. The van der Waals surface area contributed by atoms with E-state index in [-0.39, 0.29) is 5.69 Å². The number of aromatic nitrogens is 3. The Kier molecular flexibility index (Phi) is 3.88. The molecule has 0 fully saturated rings. The van der Waals surface area contributed by atoms with Gasteiger partial charge in [0.2, 0.25) is 0 Å². The molecule has 0 saturated carbocycles. The Morgan fingerprint density at radius 2 is 1.95 bits per heavy atom. The Hall–Kier alpha value is -2.57. The van der Waals surface area contributed by atoms with Crippen LogP contribution in [0.5, 0.6) is 11.5 Å². The van der Waals surface area contributed by atoms with Crippen LogP contribution >= 0.6 is 0 Å². The molecule has 7 heteroatoms. The third-order valence-corrected chi connectivity index (χ3v) is 2.93. The van der Waals surface area contributed by atoms with Crippen LogP contribution in [0.4, 0.5) is 0 Å². The highest BCUT2D eigenvalue weighted by molar-refractivity contribution is 5.84. The van der Waals surface area contributed by atoms with Crippen LogP contribution in [0.2, 0.25) is 0 Å². The molecule has 0 amide bonds. The first kappa shape index (κ1) is 13.9. The van der Waals surface area contributed by atoms with Crippen LogP contribution in [-0.4, -0.2) is 40.3 Å². The van der Waals surface area contributed by atoms with E-state index in [4.69, 9.17) is 14.6 Å². The van der Waals surface area contributed by atoms with Gasteiger partial charge in [0.05, 0.1) is 27.0 Å². The largest absolute Gasteiger partial charge is 0.493 e. The van der Waals surface area contributed by atoms with Gasteiger partial charge in [0.25, 0.3) is 0 Å². The second kappa shape index (κ2) is 5.60. The van der Waals surface area contributed by atoms with E-state index in [1.807, 2.05) is 19.1 Å². The first-order chi connectivity index (χ1) is 9.55. The quantitative estimate of drug-likeness (QED) is 0.887. The molecule has 20 heavy (non-hydrogen) atoms. The minimum atomic E-state index is -1.10. The molecular weight excluding hydrogens is 262 g/mol. The number of benzene rings is 1. The molecule has 0 aliphatic carbocycles. The standard InChI is InChI=1S/C13H15N3O4/c1-8-4-11(19-2)12(20-3)5-9(8)6-16-7-10(13(17)18)14-15-16/h4-5,7H,6H2,1-3H3,(H,17,18). The van der Waals surface area contributed by atoms with Crippen LogP contribution in [0, 0.1) is 6.92 Å². The van der Waals surface area contributed by atoms with Crippen LogP contribution in [0.15, 0.2) is 18.3 Å². The van der Waals surface area contributed by atoms with Crippen molar-refractivity contribution >= 4 is 5.97 Å². The molecule has 2 rings (SSSR count). The van der Waals surface area contributed by atoms with E-state index in [0.29, 0.717) is 18.0 Å². The smallest absolute Gasteiger partial charge is 0.358 e. The average molecular weight is 277 g/mol. The number of carbonyl (C=O) groups is 1. The van der Waals surface area contributed by atoms with Gasteiger partial charge in [-0.3, -0.25) is 0 Å². The van der Waals surface area contributed by atoms with Crippen molar-refractivity contribution in [1.29, 1.82) is 0 Å². The number of methoxy groups -OCH3 is 2. The number of hydrogen-bond donors (Lipinski definition) is 1. The Morgan fingerprint density at radius 1 is 1.30 bits per heavy atom. The maximum absolute atomic E-state index is 10.8. The van der Waals surface area contributed by atoms with Gasteiger partial charge in [-0.15, -0.1) is 5.10 Å². The number of aryl methyl sites for hydroxylation is 1. The summed E-state index contributed by atoms with van der Waals surface area (Å²) in [6.07, 6.45) is 1.39. The highest BCUT2D eigenvalue weighted by Gasteiger charge is 2.12. The number of carboxylic acids is 1. The molecule has 1 N–H and O–H groups in total. The van der Waals surface area contributed by atoms with Crippen LogP contribution in [0.1, 0.15) is 21.6 Å². The van der Waals surface area contributed by atoms with E-state index in [1.54, 1.807) is 14.2 Å². The van der Waals surface area contributed by atoms with Gasteiger partial charge >= 0.3 is 5.97 Å². The molecule has 106 valence electrons. The number of hydrogen-bond acceptors (Lipinski definition) is 5. The monoisotopic (exact) mass is 277 g/mol. The Balaban J connectivity index is 2.30. The normalized spacial score (nSPS) is 10.3. The molecule has 1 aromatic heterocycles. The first-order valence-electron chi connectivity index (χ1n) is 5.90. The molecule has 2 aromatic rings. The van der Waals surface area contributed by atoms with Crippen molar-refractivity contribution in [3.05, 3.63) is 35.2 Å². The molecule has 7 nitrogen and oxygen atoms in total. The number of nitrogens with zero attached hydrogens (tertiary/aromatic N) is 3. The van der Waals surface area contributed by atoms with Crippen molar-refractivity contribution in [2.75, 3.05) is 14.2 Å². The Labute approximate surface area is 115 Å². The zero-order chi connectivity index (χ0) is 14.7. The van der Waals surface area contributed by atoms with Crippen LogP contribution in [0.25, 0.3) is 0 Å². The molecule has 0 unspecified atom stereocenters. The summed E-state index contributed by atoms with van der Waals surface area (Å²) in [6, 6.07) is 3.71. The summed E-state index contributed by atoms with van der Waals surface area (Å²) in [7, 11) is 3.14. The fourth-order valence-corrected chi connectivity index (χ4v) is 1.84. The van der Waals surface area contributed by atoms with Gasteiger partial charge in [0, 0.05) is 0 Å². The second-order valence-corrected chi connectivity index (χ2v) is 4.24.